The normalized spacial score (nSPS) is 21.3. The average Bonchev–Trinajstić information content (AvgIpc) is 3.22. The summed E-state index contributed by atoms with van der Waals surface area (Å²) in [5.74, 6) is 2.92. The SMILES string of the molecule is [2H]N1CC=C2C(C3CNc4nc(C)n(Cc5ccccc5)c4N3)=CN(C)C=C21. The van der Waals surface area contributed by atoms with Gasteiger partial charge in [-0.1, -0.05) is 36.4 Å². The number of aromatic nitrogens is 2. The minimum absolute atomic E-state index is 0.113. The minimum atomic E-state index is 0.113. The van der Waals surface area contributed by atoms with Crippen LogP contribution < -0.4 is 15.9 Å². The molecule has 6 nitrogen and oxygen atoms in total. The fourth-order valence-electron chi connectivity index (χ4n) is 3.99. The number of aryl methyl sites for hydroxylation is 1. The van der Waals surface area contributed by atoms with Crippen LogP contribution in [0.3, 0.4) is 0 Å². The van der Waals surface area contributed by atoms with Gasteiger partial charge in [-0.3, -0.25) is 0 Å². The standard InChI is InChI=1S/C21H24N6/c1-14-24-20-21(27(14)11-15-6-4-3-5-7-15)25-18(10-23-20)17-12-26(2)13-19-16(17)8-9-22-19/h3-8,12-13,18,22-23,25H,9-11H2,1-2H3/i/hD. The van der Waals surface area contributed by atoms with Gasteiger partial charge in [0.15, 0.2) is 13.0 Å². The van der Waals surface area contributed by atoms with Crippen molar-refractivity contribution in [2.45, 2.75) is 19.5 Å². The lowest BCUT2D eigenvalue weighted by atomic mass is 9.95. The molecule has 2 aromatic rings. The molecule has 138 valence electrons. The molecule has 1 unspecified atom stereocenters. The van der Waals surface area contributed by atoms with E-state index in [4.69, 9.17) is 6.40 Å². The highest BCUT2D eigenvalue weighted by atomic mass is 15.3. The highest BCUT2D eigenvalue weighted by Crippen LogP contribution is 2.34. The molecule has 0 saturated carbocycles. The quantitative estimate of drug-likeness (QED) is 0.785. The topological polar surface area (TPSA) is 57.2 Å². The van der Waals surface area contributed by atoms with E-state index in [9.17, 15) is 0 Å². The maximum atomic E-state index is 8.14. The summed E-state index contributed by atoms with van der Waals surface area (Å²) in [5.41, 5.74) is 4.57. The molecule has 0 saturated heterocycles. The molecule has 1 aromatic heterocycles. The van der Waals surface area contributed by atoms with Gasteiger partial charge in [0.25, 0.3) is 0 Å². The first kappa shape index (κ1) is 15.0. The van der Waals surface area contributed by atoms with Gasteiger partial charge in [-0.15, -0.1) is 0 Å². The second-order valence-corrected chi connectivity index (χ2v) is 7.23. The third kappa shape index (κ3) is 2.77. The second-order valence-electron chi connectivity index (χ2n) is 7.23. The summed E-state index contributed by atoms with van der Waals surface area (Å²) < 4.78 is 10.4. The zero-order valence-corrected chi connectivity index (χ0v) is 15.6. The molecule has 5 rings (SSSR count). The molecule has 3 aliphatic heterocycles. The number of nitrogens with zero attached hydrogens (tertiary/aromatic N) is 3. The molecule has 0 spiro atoms. The fourth-order valence-corrected chi connectivity index (χ4v) is 3.99. The molecule has 3 aliphatic rings. The maximum absolute atomic E-state index is 8.14. The first-order valence-electron chi connectivity index (χ1n) is 9.79. The number of hydrogen-bond donors (Lipinski definition) is 3. The minimum Gasteiger partial charge on any atom is -0.380 e. The monoisotopic (exact) mass is 361 g/mol. The lowest BCUT2D eigenvalue weighted by Crippen LogP contribution is -2.37. The smallest absolute Gasteiger partial charge is 0.169 e. The van der Waals surface area contributed by atoms with E-state index in [1.165, 1.54) is 11.1 Å². The van der Waals surface area contributed by atoms with Crippen LogP contribution in [-0.4, -0.2) is 40.6 Å². The average molecular weight is 361 g/mol. The number of allylic oxidation sites excluding steroid dienone is 1. The lowest BCUT2D eigenvalue weighted by Gasteiger charge is -2.32. The number of imidazole rings is 1. The molecule has 0 fully saturated rings. The number of rotatable bonds is 3. The first-order valence-corrected chi connectivity index (χ1v) is 9.34. The van der Waals surface area contributed by atoms with Gasteiger partial charge in [0, 0.05) is 43.7 Å². The van der Waals surface area contributed by atoms with Crippen LogP contribution in [0.2, 0.25) is 1.41 Å². The summed E-state index contributed by atoms with van der Waals surface area (Å²) in [6.45, 7) is 4.22. The summed E-state index contributed by atoms with van der Waals surface area (Å²) in [7, 11) is 2.02. The second kappa shape index (κ2) is 6.23. The third-order valence-electron chi connectivity index (χ3n) is 5.31. The van der Waals surface area contributed by atoms with Gasteiger partial charge < -0.3 is 25.4 Å². The molecule has 0 radical (unpaired) electrons. The Balaban J connectivity index is 1.46. The van der Waals surface area contributed by atoms with Gasteiger partial charge in [0.05, 0.1) is 18.3 Å². The Labute approximate surface area is 160 Å². The Morgan fingerprint density at radius 2 is 2.11 bits per heavy atom. The highest BCUT2D eigenvalue weighted by molar-refractivity contribution is 5.68. The van der Waals surface area contributed by atoms with E-state index < -0.39 is 0 Å². The molecular formula is C21H24N6. The van der Waals surface area contributed by atoms with Crippen LogP contribution >= 0.6 is 0 Å². The number of benzene rings is 1. The van der Waals surface area contributed by atoms with Gasteiger partial charge in [-0.25, -0.2) is 4.98 Å². The van der Waals surface area contributed by atoms with Crippen molar-refractivity contribution in [3.05, 3.63) is 77.0 Å². The van der Waals surface area contributed by atoms with Gasteiger partial charge in [-0.2, -0.15) is 0 Å². The zero-order chi connectivity index (χ0) is 19.3. The summed E-state index contributed by atoms with van der Waals surface area (Å²) in [4.78, 5) is 6.76. The molecule has 0 amide bonds. The van der Waals surface area contributed by atoms with Crippen molar-refractivity contribution >= 4 is 11.6 Å². The molecule has 4 heterocycles. The van der Waals surface area contributed by atoms with Gasteiger partial charge in [0.2, 0.25) is 0 Å². The van der Waals surface area contributed by atoms with E-state index >= 15 is 0 Å². The predicted octanol–water partition coefficient (Wildman–Crippen LogP) is 2.65. The molecule has 3 N–H and O–H groups in total. The number of nitrogens with one attached hydrogen (secondary N) is 3. The Morgan fingerprint density at radius 1 is 1.26 bits per heavy atom. The van der Waals surface area contributed by atoms with Gasteiger partial charge >= 0.3 is 0 Å². The van der Waals surface area contributed by atoms with Crippen molar-refractivity contribution in [2.75, 3.05) is 30.8 Å². The van der Waals surface area contributed by atoms with E-state index in [1.54, 1.807) is 5.31 Å². The fraction of sp³-hybridized carbons (Fsp3) is 0.286. The largest absolute Gasteiger partial charge is 0.380 e. The zero-order valence-electron chi connectivity index (χ0n) is 16.6. The van der Waals surface area contributed by atoms with E-state index in [0.29, 0.717) is 6.54 Å². The van der Waals surface area contributed by atoms with E-state index in [-0.39, 0.29) is 6.04 Å². The Hall–Kier alpha value is -3.15. The molecule has 6 heteroatoms. The lowest BCUT2D eigenvalue weighted by molar-refractivity contribution is 0.590. The number of hydrogen-bond acceptors (Lipinski definition) is 5. The molecule has 27 heavy (non-hydrogen) atoms. The van der Waals surface area contributed by atoms with Crippen LogP contribution in [0.4, 0.5) is 11.6 Å². The van der Waals surface area contributed by atoms with Crippen LogP contribution in [0.5, 0.6) is 0 Å². The molecular weight excluding hydrogens is 336 g/mol. The molecule has 0 aliphatic carbocycles. The van der Waals surface area contributed by atoms with E-state index in [2.05, 4.69) is 51.7 Å². The Bertz CT molecular complexity index is 1000. The van der Waals surface area contributed by atoms with Crippen molar-refractivity contribution in [1.82, 2.24) is 19.8 Å². The predicted molar refractivity (Wildman–Crippen MR) is 108 cm³/mol. The summed E-state index contributed by atoms with van der Waals surface area (Å²) >= 11 is 0. The molecule has 1 atom stereocenters. The Morgan fingerprint density at radius 3 is 2.96 bits per heavy atom. The van der Waals surface area contributed by atoms with Crippen LogP contribution in [0, 0.1) is 6.92 Å². The number of anilines is 2. The van der Waals surface area contributed by atoms with Crippen molar-refractivity contribution < 1.29 is 1.41 Å². The van der Waals surface area contributed by atoms with Crippen LogP contribution in [0.25, 0.3) is 0 Å². The van der Waals surface area contributed by atoms with Crippen LogP contribution in [0.15, 0.2) is 65.7 Å². The summed E-state index contributed by atoms with van der Waals surface area (Å²) in [5, 5.41) is 8.77. The van der Waals surface area contributed by atoms with Crippen molar-refractivity contribution in [3.8, 4) is 0 Å². The summed E-state index contributed by atoms with van der Waals surface area (Å²) in [6, 6.07) is 10.6. The highest BCUT2D eigenvalue weighted by Gasteiger charge is 2.31. The molecule has 0 bridgehead atoms. The first-order chi connectivity index (χ1) is 13.6. The third-order valence-corrected chi connectivity index (χ3v) is 5.31. The van der Waals surface area contributed by atoms with Crippen molar-refractivity contribution in [1.29, 1.82) is 0 Å². The van der Waals surface area contributed by atoms with Gasteiger partial charge in [-0.05, 0) is 12.5 Å². The molecule has 1 aromatic carbocycles. The Kier molecular flexibility index (Phi) is 3.45. The maximum Gasteiger partial charge on any atom is 0.169 e. The van der Waals surface area contributed by atoms with Crippen molar-refractivity contribution in [2.24, 2.45) is 0 Å². The van der Waals surface area contributed by atoms with E-state index in [1.807, 2.05) is 31.1 Å². The van der Waals surface area contributed by atoms with Crippen molar-refractivity contribution in [3.63, 3.8) is 0 Å². The van der Waals surface area contributed by atoms with Crippen LogP contribution in [0.1, 0.15) is 11.4 Å². The number of fused-ring (bicyclic) bond motifs is 2. The van der Waals surface area contributed by atoms with Gasteiger partial charge in [0.1, 0.15) is 5.82 Å². The van der Waals surface area contributed by atoms with E-state index in [0.717, 1.165) is 41.8 Å². The summed E-state index contributed by atoms with van der Waals surface area (Å²) in [6.07, 6.45) is 6.31. The van der Waals surface area contributed by atoms with Crippen LogP contribution in [-0.2, 0) is 6.54 Å².